The molecule has 0 spiro atoms. The molecule has 0 fully saturated rings. The van der Waals surface area contributed by atoms with Crippen molar-refractivity contribution in [3.8, 4) is 0 Å². The summed E-state index contributed by atoms with van der Waals surface area (Å²) in [6.45, 7) is 9.05. The highest BCUT2D eigenvalue weighted by atomic mass is 32.2. The van der Waals surface area contributed by atoms with Crippen LogP contribution in [0.3, 0.4) is 0 Å². The second kappa shape index (κ2) is 8.55. The van der Waals surface area contributed by atoms with Crippen LogP contribution in [-0.4, -0.2) is 14.3 Å². The van der Waals surface area contributed by atoms with Crippen LogP contribution in [0.25, 0.3) is 10.4 Å². The predicted octanol–water partition coefficient (Wildman–Crippen LogP) is 4.48. The summed E-state index contributed by atoms with van der Waals surface area (Å²) in [5.74, 6) is -0.766. The summed E-state index contributed by atoms with van der Waals surface area (Å²) >= 11 is 0. The van der Waals surface area contributed by atoms with Crippen LogP contribution >= 0.6 is 0 Å². The van der Waals surface area contributed by atoms with Crippen LogP contribution in [0, 0.1) is 13.5 Å². The van der Waals surface area contributed by atoms with E-state index in [0.29, 0.717) is 16.8 Å². The van der Waals surface area contributed by atoms with Gasteiger partial charge in [0.15, 0.2) is 5.69 Å². The average Bonchev–Trinajstić information content (AvgIpc) is 2.72. The minimum absolute atomic E-state index is 0.0149. The highest BCUT2D eigenvalue weighted by molar-refractivity contribution is 7.90. The smallest absolute Gasteiger partial charge is 0.264 e. The van der Waals surface area contributed by atoms with Gasteiger partial charge in [0.05, 0.1) is 11.5 Å². The number of rotatable bonds is 5. The van der Waals surface area contributed by atoms with Crippen LogP contribution in [0.2, 0.25) is 0 Å². The second-order valence-electron chi connectivity index (χ2n) is 6.37. The zero-order chi connectivity index (χ0) is 20.9. The fourth-order valence-electron chi connectivity index (χ4n) is 2.76. The van der Waals surface area contributed by atoms with Gasteiger partial charge < -0.3 is 0 Å². The van der Waals surface area contributed by atoms with Gasteiger partial charge >= 0.3 is 0 Å². The summed E-state index contributed by atoms with van der Waals surface area (Å²) < 4.78 is 27.1. The number of amides is 1. The van der Waals surface area contributed by atoms with E-state index in [1.807, 2.05) is 37.3 Å². The number of hydrogen-bond acceptors (Lipinski definition) is 3. The summed E-state index contributed by atoms with van der Waals surface area (Å²) in [6, 6.07) is 22.2. The molecule has 0 aromatic heterocycles. The van der Waals surface area contributed by atoms with Gasteiger partial charge in [-0.2, -0.15) is 0 Å². The maximum atomic E-state index is 12.6. The van der Waals surface area contributed by atoms with E-state index in [9.17, 15) is 13.2 Å². The Bertz CT molecular complexity index is 1210. The van der Waals surface area contributed by atoms with E-state index in [1.54, 1.807) is 36.4 Å². The number of nitrogens with one attached hydrogen (secondary N) is 1. The molecule has 0 unspecified atom stereocenters. The summed E-state index contributed by atoms with van der Waals surface area (Å²) in [4.78, 5) is 16.0. The fourth-order valence-corrected chi connectivity index (χ4v) is 3.70. The van der Waals surface area contributed by atoms with Gasteiger partial charge in [0.25, 0.3) is 15.9 Å². The highest BCUT2D eigenvalue weighted by Crippen LogP contribution is 2.26. The number of nitrogens with zero attached hydrogens (tertiary/aromatic N) is 1. The Morgan fingerprint density at radius 1 is 0.931 bits per heavy atom. The standard InChI is InChI=1S/C23H18N2O3S/c1-17-11-13-21(14-12-17)29(27,28)25-23(26)16-22(18-7-4-3-5-8-18)19-9-6-10-20(15-19)24-2/h3-16H,1H3,(H,25,26)/b22-16-. The number of carbonyl (C=O) groups excluding carboxylic acids is 1. The van der Waals surface area contributed by atoms with Gasteiger partial charge in [-0.1, -0.05) is 66.2 Å². The maximum Gasteiger partial charge on any atom is 0.264 e. The number of hydrogen-bond donors (Lipinski definition) is 1. The van der Waals surface area contributed by atoms with Crippen LogP contribution in [0.4, 0.5) is 5.69 Å². The lowest BCUT2D eigenvalue weighted by atomic mass is 9.97. The first kappa shape index (κ1) is 20.1. The number of aryl methyl sites for hydroxylation is 1. The van der Waals surface area contributed by atoms with Crippen molar-refractivity contribution in [2.45, 2.75) is 11.8 Å². The third kappa shape index (κ3) is 4.98. The molecule has 1 amide bonds. The van der Waals surface area contributed by atoms with E-state index in [-0.39, 0.29) is 4.90 Å². The largest absolute Gasteiger partial charge is 0.269 e. The number of carbonyl (C=O) groups is 1. The maximum absolute atomic E-state index is 12.6. The third-order valence-corrected chi connectivity index (χ3v) is 5.58. The molecule has 0 aliphatic carbocycles. The molecule has 0 radical (unpaired) electrons. The van der Waals surface area contributed by atoms with Crippen molar-refractivity contribution in [1.82, 2.24) is 4.72 Å². The van der Waals surface area contributed by atoms with Crippen molar-refractivity contribution >= 4 is 27.2 Å². The van der Waals surface area contributed by atoms with Crippen molar-refractivity contribution in [2.24, 2.45) is 0 Å². The Morgan fingerprint density at radius 3 is 2.24 bits per heavy atom. The summed E-state index contributed by atoms with van der Waals surface area (Å²) in [6.07, 6.45) is 1.24. The first-order chi connectivity index (χ1) is 13.9. The quantitative estimate of drug-likeness (QED) is 0.505. The van der Waals surface area contributed by atoms with Gasteiger partial charge in [0.2, 0.25) is 0 Å². The SMILES string of the molecule is [C-]#[N+]c1cccc(/C(=C\C(=O)NS(=O)(=O)c2ccc(C)cc2)c2ccccc2)c1. The summed E-state index contributed by atoms with van der Waals surface area (Å²) in [5, 5.41) is 0. The zero-order valence-corrected chi connectivity index (χ0v) is 16.5. The van der Waals surface area contributed by atoms with E-state index in [4.69, 9.17) is 6.57 Å². The molecule has 1 N–H and O–H groups in total. The van der Waals surface area contributed by atoms with Crippen LogP contribution < -0.4 is 4.72 Å². The fraction of sp³-hybridized carbons (Fsp3) is 0.0435. The van der Waals surface area contributed by atoms with Gasteiger partial charge in [0.1, 0.15) is 0 Å². The number of benzene rings is 3. The minimum atomic E-state index is -3.99. The molecule has 3 aromatic carbocycles. The lowest BCUT2D eigenvalue weighted by Crippen LogP contribution is -2.29. The van der Waals surface area contributed by atoms with Crippen LogP contribution in [0.1, 0.15) is 16.7 Å². The van der Waals surface area contributed by atoms with Crippen molar-refractivity contribution in [2.75, 3.05) is 0 Å². The Morgan fingerprint density at radius 2 is 1.59 bits per heavy atom. The Kier molecular flexibility index (Phi) is 5.91. The van der Waals surface area contributed by atoms with E-state index >= 15 is 0 Å². The molecule has 0 saturated carbocycles. The highest BCUT2D eigenvalue weighted by Gasteiger charge is 2.17. The number of sulfonamides is 1. The van der Waals surface area contributed by atoms with E-state index in [1.165, 1.54) is 18.2 Å². The molecule has 0 aliphatic rings. The van der Waals surface area contributed by atoms with Crippen molar-refractivity contribution in [1.29, 1.82) is 0 Å². The summed E-state index contributed by atoms with van der Waals surface area (Å²) in [7, 11) is -3.99. The van der Waals surface area contributed by atoms with Crippen molar-refractivity contribution < 1.29 is 13.2 Å². The molecule has 144 valence electrons. The molecule has 6 heteroatoms. The Balaban J connectivity index is 1.98. The monoisotopic (exact) mass is 402 g/mol. The molecule has 29 heavy (non-hydrogen) atoms. The van der Waals surface area contributed by atoms with E-state index in [0.717, 1.165) is 11.1 Å². The van der Waals surface area contributed by atoms with Crippen molar-refractivity contribution in [3.05, 3.63) is 113 Å². The normalized spacial score (nSPS) is 11.5. The molecule has 3 rings (SSSR count). The molecule has 5 nitrogen and oxygen atoms in total. The molecular weight excluding hydrogens is 384 g/mol. The lowest BCUT2D eigenvalue weighted by Gasteiger charge is -2.10. The molecule has 0 heterocycles. The first-order valence-electron chi connectivity index (χ1n) is 8.77. The summed E-state index contributed by atoms with van der Waals surface area (Å²) in [5.41, 5.74) is 3.25. The topological polar surface area (TPSA) is 67.6 Å². The average molecular weight is 402 g/mol. The predicted molar refractivity (Wildman–Crippen MR) is 113 cm³/mol. The van der Waals surface area contributed by atoms with Crippen molar-refractivity contribution in [3.63, 3.8) is 0 Å². The first-order valence-corrected chi connectivity index (χ1v) is 10.3. The third-order valence-electron chi connectivity index (χ3n) is 4.21. The van der Waals surface area contributed by atoms with Gasteiger partial charge in [-0.05, 0) is 41.8 Å². The van der Waals surface area contributed by atoms with Gasteiger partial charge in [-0.25, -0.2) is 18.0 Å². The molecular formula is C23H18N2O3S. The molecule has 3 aromatic rings. The lowest BCUT2D eigenvalue weighted by molar-refractivity contribution is -0.114. The van der Waals surface area contributed by atoms with Crippen LogP contribution in [0.15, 0.2) is 89.8 Å². The molecule has 0 aliphatic heterocycles. The molecule has 0 bridgehead atoms. The molecule has 0 atom stereocenters. The second-order valence-corrected chi connectivity index (χ2v) is 8.05. The van der Waals surface area contributed by atoms with Crippen LogP contribution in [0.5, 0.6) is 0 Å². The van der Waals surface area contributed by atoms with Gasteiger partial charge in [-0.3, -0.25) is 4.79 Å². The van der Waals surface area contributed by atoms with E-state index in [2.05, 4.69) is 9.57 Å². The minimum Gasteiger partial charge on any atom is -0.269 e. The molecule has 0 saturated heterocycles. The zero-order valence-electron chi connectivity index (χ0n) is 15.7. The Labute approximate surface area is 170 Å². The van der Waals surface area contributed by atoms with Gasteiger partial charge in [0, 0.05) is 6.08 Å². The van der Waals surface area contributed by atoms with Gasteiger partial charge in [-0.15, -0.1) is 0 Å². The van der Waals surface area contributed by atoms with E-state index < -0.39 is 15.9 Å². The van der Waals surface area contributed by atoms with Crippen LogP contribution in [-0.2, 0) is 14.8 Å². The Hall–Kier alpha value is -3.69.